The quantitative estimate of drug-likeness (QED) is 0.253. The fraction of sp³-hybridized carbons (Fsp3) is 0.154. The van der Waals surface area contributed by atoms with Gasteiger partial charge in [0.2, 0.25) is 0 Å². The highest BCUT2D eigenvalue weighted by atomic mass is 127. The minimum Gasteiger partial charge on any atom is -0.291 e. The summed E-state index contributed by atoms with van der Waals surface area (Å²) in [6.45, 7) is 0. The van der Waals surface area contributed by atoms with Gasteiger partial charge in [0.05, 0.1) is 7.06 Å². The number of nitroso groups, excluding NO2 is 1. The van der Waals surface area contributed by atoms with Crippen molar-refractivity contribution in [2.24, 2.45) is 5.18 Å². The summed E-state index contributed by atoms with van der Waals surface area (Å²) >= 11 is 3.31. The number of carbonyl (C=O) groups is 1. The fourth-order valence-electron chi connectivity index (χ4n) is 1.54. The summed E-state index contributed by atoms with van der Waals surface area (Å²) in [5.41, 5.74) is 0.224. The van der Waals surface area contributed by atoms with Gasteiger partial charge in [-0.25, -0.2) is 9.97 Å². The van der Waals surface area contributed by atoms with E-state index >= 15 is 0 Å². The normalized spacial score (nSPS) is 14.2. The molecule has 20 heavy (non-hydrogen) atoms. The van der Waals surface area contributed by atoms with E-state index < -0.39 is 11.8 Å². The summed E-state index contributed by atoms with van der Waals surface area (Å²) in [6, 6.07) is 5.71. The van der Waals surface area contributed by atoms with Gasteiger partial charge < -0.3 is 0 Å². The zero-order valence-electron chi connectivity index (χ0n) is 11.4. The first kappa shape index (κ1) is 13.6. The average Bonchev–Trinajstić information content (AvgIpc) is 2.53. The minimum atomic E-state index is -2.31. The third-order valence-corrected chi connectivity index (χ3v) is 3.68. The largest absolute Gasteiger partial charge is 0.291 e. The van der Waals surface area contributed by atoms with Crippen LogP contribution < -0.4 is 0 Å². The van der Waals surface area contributed by atoms with E-state index in [1.807, 2.05) is 6.07 Å². The van der Waals surface area contributed by atoms with Crippen molar-refractivity contribution in [1.29, 1.82) is 0 Å². The maximum Gasteiger partial charge on any atom is 0.197 e. The van der Waals surface area contributed by atoms with Crippen molar-refractivity contribution in [1.82, 2.24) is 9.97 Å². The molecule has 0 spiro atoms. The summed E-state index contributed by atoms with van der Waals surface area (Å²) in [6.07, 6.45) is 3.17. The monoisotopic (exact) mass is 400 g/mol. The van der Waals surface area contributed by atoms with Crippen LogP contribution in [0.15, 0.2) is 46.9 Å². The molecule has 1 aromatic carbocycles. The third kappa shape index (κ3) is 3.40. The molecule has 1 atom stereocenters. The zero-order valence-corrected chi connectivity index (χ0v) is 13.4. The molecule has 0 radical (unpaired) electrons. The minimum absolute atomic E-state index is 0.0271. The second-order valence-corrected chi connectivity index (χ2v) is 5.73. The lowest BCUT2D eigenvalue weighted by Gasteiger charge is -2.08. The second kappa shape index (κ2) is 6.89. The van der Waals surface area contributed by atoms with Gasteiger partial charge in [0.25, 0.3) is 0 Å². The Morgan fingerprint density at radius 2 is 2.30 bits per heavy atom. The Hall–Kier alpha value is -1.35. The summed E-state index contributed by atoms with van der Waals surface area (Å²) < 4.78 is 9.00. The molecule has 0 aliphatic rings. The molecule has 7 heteroatoms. The Morgan fingerprint density at radius 3 is 2.95 bits per heavy atom. The maximum absolute atomic E-state index is 12.5. The van der Waals surface area contributed by atoms with E-state index in [0.29, 0.717) is 5.16 Å². The molecule has 102 valence electrons. The molecule has 0 aliphatic carbocycles. The van der Waals surface area contributed by atoms with E-state index in [4.69, 9.17) is 1.37 Å². The molecular weight excluding hydrogens is 389 g/mol. The van der Waals surface area contributed by atoms with Crippen LogP contribution in [0.1, 0.15) is 23.4 Å². The van der Waals surface area contributed by atoms with E-state index in [1.54, 1.807) is 24.5 Å². The number of nitrogens with zero attached hydrogens (tertiary/aromatic N) is 3. The van der Waals surface area contributed by atoms with Crippen molar-refractivity contribution in [3.8, 4) is 0 Å². The molecule has 0 bridgehead atoms. The smallest absolute Gasteiger partial charge is 0.197 e. The highest BCUT2D eigenvalue weighted by molar-refractivity contribution is 14.1. The number of carbonyl (C=O) groups excluding carboxylic acids is 1. The molecule has 1 aromatic heterocycles. The standard InChI is InChI=1S/C13H10IN3O2S/c1-20-13-15-6-5-10(16-13)11(17-19)12(18)8-3-2-4-9(14)7-8/h2-7,11H,1H3/i11D. The van der Waals surface area contributed by atoms with Gasteiger partial charge in [0.15, 0.2) is 17.0 Å². The lowest BCUT2D eigenvalue weighted by Crippen LogP contribution is -2.12. The molecule has 0 fully saturated rings. The van der Waals surface area contributed by atoms with Crippen molar-refractivity contribution in [3.05, 3.63) is 56.3 Å². The second-order valence-electron chi connectivity index (χ2n) is 3.71. The van der Waals surface area contributed by atoms with Crippen molar-refractivity contribution in [2.75, 3.05) is 6.26 Å². The Bertz CT molecular complexity index is 701. The predicted molar refractivity (Wildman–Crippen MR) is 85.8 cm³/mol. The van der Waals surface area contributed by atoms with Crippen LogP contribution in [-0.4, -0.2) is 22.0 Å². The molecule has 2 rings (SSSR count). The van der Waals surface area contributed by atoms with Crippen molar-refractivity contribution in [3.63, 3.8) is 0 Å². The third-order valence-electron chi connectivity index (χ3n) is 2.45. The molecule has 0 aliphatic heterocycles. The van der Waals surface area contributed by atoms with E-state index in [2.05, 4.69) is 37.7 Å². The first-order valence-electron chi connectivity index (χ1n) is 6.03. The van der Waals surface area contributed by atoms with Crippen molar-refractivity contribution >= 4 is 40.1 Å². The molecular formula is C13H10IN3O2S. The first-order chi connectivity index (χ1) is 10.0. The van der Waals surface area contributed by atoms with E-state index in [1.165, 1.54) is 24.0 Å². The van der Waals surface area contributed by atoms with Crippen LogP contribution in [0.3, 0.4) is 0 Å². The predicted octanol–water partition coefficient (Wildman–Crippen LogP) is 3.49. The van der Waals surface area contributed by atoms with Crippen LogP contribution in [-0.2, 0) is 0 Å². The molecule has 0 saturated carbocycles. The van der Waals surface area contributed by atoms with Crippen LogP contribution in [0.5, 0.6) is 0 Å². The number of rotatable bonds is 5. The molecule has 0 amide bonds. The molecule has 1 heterocycles. The van der Waals surface area contributed by atoms with Crippen LogP contribution in [0.4, 0.5) is 0 Å². The molecule has 0 N–H and O–H groups in total. The Kier molecular flexibility index (Phi) is 4.69. The van der Waals surface area contributed by atoms with Gasteiger partial charge in [-0.15, -0.1) is 4.91 Å². The maximum atomic E-state index is 12.5. The fourth-order valence-corrected chi connectivity index (χ4v) is 2.44. The number of hydrogen-bond acceptors (Lipinski definition) is 6. The summed E-state index contributed by atoms with van der Waals surface area (Å²) in [7, 11) is 0. The molecule has 2 aromatic rings. The first-order valence-corrected chi connectivity index (χ1v) is 7.84. The SMILES string of the molecule is [2H]C(N=O)(C(=O)c1cccc(I)c1)c1ccnc(SC)n1. The van der Waals surface area contributed by atoms with Gasteiger partial charge >= 0.3 is 0 Å². The lowest BCUT2D eigenvalue weighted by atomic mass is 10.0. The van der Waals surface area contributed by atoms with Gasteiger partial charge in [-0.1, -0.05) is 29.1 Å². The summed E-state index contributed by atoms with van der Waals surface area (Å²) in [4.78, 5) is 31.7. The van der Waals surface area contributed by atoms with Crippen molar-refractivity contribution in [2.45, 2.75) is 11.2 Å². The highest BCUT2D eigenvalue weighted by Gasteiger charge is 2.25. The number of thioether (sulfide) groups is 1. The highest BCUT2D eigenvalue weighted by Crippen LogP contribution is 2.22. The summed E-state index contributed by atoms with van der Waals surface area (Å²) in [5, 5.41) is 3.11. The Morgan fingerprint density at radius 1 is 1.50 bits per heavy atom. The molecule has 1 unspecified atom stereocenters. The number of halogens is 1. The van der Waals surface area contributed by atoms with Crippen molar-refractivity contribution < 1.29 is 6.17 Å². The van der Waals surface area contributed by atoms with Crippen LogP contribution >= 0.6 is 34.4 Å². The van der Waals surface area contributed by atoms with Gasteiger partial charge in [-0.3, -0.25) is 4.79 Å². The lowest BCUT2D eigenvalue weighted by molar-refractivity contribution is 0.0960. The van der Waals surface area contributed by atoms with E-state index in [9.17, 15) is 9.70 Å². The summed E-state index contributed by atoms with van der Waals surface area (Å²) in [5.74, 6) is -0.707. The van der Waals surface area contributed by atoms with E-state index in [0.717, 1.165) is 3.57 Å². The van der Waals surface area contributed by atoms with Gasteiger partial charge in [-0.05, 0) is 47.0 Å². The number of hydrogen-bond donors (Lipinski definition) is 0. The number of ketones is 1. The zero-order chi connectivity index (χ0) is 15.5. The number of benzene rings is 1. The Labute approximate surface area is 135 Å². The van der Waals surface area contributed by atoms with Gasteiger partial charge in [0, 0.05) is 15.3 Å². The average molecular weight is 400 g/mol. The van der Waals surface area contributed by atoms with Gasteiger partial charge in [-0.2, -0.15) is 0 Å². The number of aromatic nitrogens is 2. The Balaban J connectivity index is 2.49. The van der Waals surface area contributed by atoms with Crippen LogP contribution in [0.2, 0.25) is 0 Å². The number of Topliss-reactive ketones (excluding diaryl/α,β-unsaturated/α-hetero) is 1. The molecule has 0 saturated heterocycles. The van der Waals surface area contributed by atoms with Gasteiger partial charge in [0.1, 0.15) is 0 Å². The van der Waals surface area contributed by atoms with Crippen LogP contribution in [0.25, 0.3) is 0 Å². The topological polar surface area (TPSA) is 72.3 Å². The molecule has 5 nitrogen and oxygen atoms in total. The van der Waals surface area contributed by atoms with Crippen LogP contribution in [0, 0.1) is 8.48 Å². The van der Waals surface area contributed by atoms with E-state index in [-0.39, 0.29) is 11.3 Å².